The SMILES string of the molecule is N#Cc1cc(-c2ccnc(Nc3ccc(N4CCOCC4)cc3)n2)ccc1OC1CCN(C(=O)[C@@H](O)C(F)(F)F)CC1. The molecule has 0 saturated carbocycles. The number of carbonyl (C=O) groups is 1. The van der Waals surface area contributed by atoms with Crippen LogP contribution in [0, 0.1) is 11.3 Å². The van der Waals surface area contributed by atoms with Crippen LogP contribution in [0.15, 0.2) is 54.7 Å². The quantitative estimate of drug-likeness (QED) is 0.427. The lowest BCUT2D eigenvalue weighted by atomic mass is 10.1. The molecule has 10 nitrogen and oxygen atoms in total. The van der Waals surface area contributed by atoms with Crippen molar-refractivity contribution in [3.05, 3.63) is 60.3 Å². The Kier molecular flexibility index (Phi) is 8.75. The number of alkyl halides is 3. The summed E-state index contributed by atoms with van der Waals surface area (Å²) < 4.78 is 49.4. The lowest BCUT2D eigenvalue weighted by molar-refractivity contribution is -0.211. The molecule has 3 aromatic rings. The number of nitrogens with zero attached hydrogens (tertiary/aromatic N) is 5. The van der Waals surface area contributed by atoms with Gasteiger partial charge < -0.3 is 29.7 Å². The van der Waals surface area contributed by atoms with Gasteiger partial charge in [0, 0.05) is 62.2 Å². The van der Waals surface area contributed by atoms with E-state index in [-0.39, 0.29) is 31.5 Å². The van der Waals surface area contributed by atoms with Crippen molar-refractivity contribution >= 4 is 23.2 Å². The van der Waals surface area contributed by atoms with E-state index in [9.17, 15) is 28.3 Å². The molecule has 2 aromatic carbocycles. The van der Waals surface area contributed by atoms with Gasteiger partial charge in [-0.1, -0.05) is 0 Å². The van der Waals surface area contributed by atoms with Gasteiger partial charge in [-0.3, -0.25) is 4.79 Å². The molecule has 1 atom stereocenters. The number of likely N-dealkylation sites (tertiary alicyclic amines) is 1. The van der Waals surface area contributed by atoms with Crippen molar-refractivity contribution in [1.29, 1.82) is 5.26 Å². The summed E-state index contributed by atoms with van der Waals surface area (Å²) in [6.45, 7) is 3.13. The smallest absolute Gasteiger partial charge is 0.423 e. The third-order valence-corrected chi connectivity index (χ3v) is 7.14. The van der Waals surface area contributed by atoms with Crippen molar-refractivity contribution in [2.75, 3.05) is 49.6 Å². The lowest BCUT2D eigenvalue weighted by Gasteiger charge is -2.33. The molecule has 2 aliphatic rings. The normalized spacial score (nSPS) is 16.9. The fourth-order valence-electron chi connectivity index (χ4n) is 4.85. The predicted octanol–water partition coefficient (Wildman–Crippen LogP) is 3.89. The van der Waals surface area contributed by atoms with Crippen LogP contribution in [-0.4, -0.2) is 83.7 Å². The van der Waals surface area contributed by atoms with Crippen LogP contribution in [0.2, 0.25) is 0 Å². The average Bonchev–Trinajstić information content (AvgIpc) is 3.01. The van der Waals surface area contributed by atoms with Crippen LogP contribution in [0.5, 0.6) is 5.75 Å². The summed E-state index contributed by atoms with van der Waals surface area (Å²) in [5.74, 6) is -0.650. The standard InChI is InChI=1S/C29H29F3N6O4/c30-29(31,32)26(39)27(40)38-11-8-23(9-12-38)42-25-6-1-19(17-20(25)18-33)24-7-10-34-28(36-24)35-21-2-4-22(5-3-21)37-13-15-41-16-14-37/h1-7,10,17,23,26,39H,8-9,11-16H2,(H,34,35,36)/t26-/m1/s1. The number of amides is 1. The summed E-state index contributed by atoms with van der Waals surface area (Å²) in [4.78, 5) is 24.1. The van der Waals surface area contributed by atoms with Crippen molar-refractivity contribution < 1.29 is 32.5 Å². The van der Waals surface area contributed by atoms with Crippen molar-refractivity contribution in [3.63, 3.8) is 0 Å². The molecule has 2 fully saturated rings. The van der Waals surface area contributed by atoms with Gasteiger partial charge in [-0.05, 0) is 48.5 Å². The van der Waals surface area contributed by atoms with E-state index in [1.807, 2.05) is 24.3 Å². The van der Waals surface area contributed by atoms with Gasteiger partial charge in [0.1, 0.15) is 17.9 Å². The minimum atomic E-state index is -5.01. The van der Waals surface area contributed by atoms with Crippen LogP contribution in [0.25, 0.3) is 11.3 Å². The number of carbonyl (C=O) groups excluding carboxylic acids is 1. The van der Waals surface area contributed by atoms with E-state index >= 15 is 0 Å². The lowest BCUT2D eigenvalue weighted by Crippen LogP contribution is -2.50. The Balaban J connectivity index is 1.21. The number of aromatic nitrogens is 2. The van der Waals surface area contributed by atoms with Crippen molar-refractivity contribution in [3.8, 4) is 23.1 Å². The van der Waals surface area contributed by atoms with E-state index in [0.29, 0.717) is 36.2 Å². The minimum Gasteiger partial charge on any atom is -0.489 e. The van der Waals surface area contributed by atoms with E-state index in [1.165, 1.54) is 0 Å². The summed E-state index contributed by atoms with van der Waals surface area (Å²) in [6.07, 6.45) is -6.31. The molecule has 0 bridgehead atoms. The van der Waals surface area contributed by atoms with E-state index in [0.717, 1.165) is 29.4 Å². The molecule has 3 heterocycles. The van der Waals surface area contributed by atoms with Gasteiger partial charge in [0.25, 0.3) is 5.91 Å². The Bertz CT molecular complexity index is 1430. The first-order valence-electron chi connectivity index (χ1n) is 13.5. The number of benzene rings is 2. The number of anilines is 3. The van der Waals surface area contributed by atoms with Crippen LogP contribution in [0.4, 0.5) is 30.5 Å². The number of piperidine rings is 1. The zero-order valence-electron chi connectivity index (χ0n) is 22.5. The maximum Gasteiger partial charge on any atom is 0.423 e. The number of aliphatic hydroxyl groups excluding tert-OH is 1. The van der Waals surface area contributed by atoms with E-state index in [4.69, 9.17) is 9.47 Å². The largest absolute Gasteiger partial charge is 0.489 e. The Morgan fingerprint density at radius 1 is 1.10 bits per heavy atom. The fourth-order valence-corrected chi connectivity index (χ4v) is 4.85. The highest BCUT2D eigenvalue weighted by Crippen LogP contribution is 2.29. The first kappa shape index (κ1) is 29.1. The summed E-state index contributed by atoms with van der Waals surface area (Å²) in [5, 5.41) is 22.2. The molecular weight excluding hydrogens is 553 g/mol. The summed E-state index contributed by atoms with van der Waals surface area (Å²) >= 11 is 0. The van der Waals surface area contributed by atoms with E-state index < -0.39 is 24.3 Å². The number of morpholine rings is 1. The Hall–Kier alpha value is -4.41. The highest BCUT2D eigenvalue weighted by Gasteiger charge is 2.46. The van der Waals surface area contributed by atoms with E-state index in [1.54, 1.807) is 30.5 Å². The van der Waals surface area contributed by atoms with Gasteiger partial charge in [-0.25, -0.2) is 9.97 Å². The topological polar surface area (TPSA) is 124 Å². The molecule has 0 aliphatic carbocycles. The maximum atomic E-state index is 12.7. The summed E-state index contributed by atoms with van der Waals surface area (Å²) in [6, 6.07) is 16.9. The number of aliphatic hydroxyl groups is 1. The molecule has 2 saturated heterocycles. The molecule has 0 radical (unpaired) electrons. The van der Waals surface area contributed by atoms with Gasteiger partial charge in [-0.15, -0.1) is 0 Å². The van der Waals surface area contributed by atoms with Crippen molar-refractivity contribution in [2.24, 2.45) is 0 Å². The third-order valence-electron chi connectivity index (χ3n) is 7.14. The van der Waals surface area contributed by atoms with Gasteiger partial charge in [0.05, 0.1) is 24.5 Å². The van der Waals surface area contributed by atoms with Gasteiger partial charge in [0.15, 0.2) is 0 Å². The third kappa shape index (κ3) is 6.89. The number of nitriles is 1. The molecule has 5 rings (SSSR count). The van der Waals surface area contributed by atoms with Crippen LogP contribution < -0.4 is 15.0 Å². The first-order valence-corrected chi connectivity index (χ1v) is 13.5. The van der Waals surface area contributed by atoms with Crippen LogP contribution in [0.1, 0.15) is 18.4 Å². The predicted molar refractivity (Wildman–Crippen MR) is 147 cm³/mol. The number of hydrogen-bond acceptors (Lipinski definition) is 9. The highest BCUT2D eigenvalue weighted by atomic mass is 19.4. The van der Waals surface area contributed by atoms with E-state index in [2.05, 4.69) is 26.3 Å². The number of halogens is 3. The highest BCUT2D eigenvalue weighted by molar-refractivity contribution is 5.81. The van der Waals surface area contributed by atoms with Crippen molar-refractivity contribution in [2.45, 2.75) is 31.2 Å². The summed E-state index contributed by atoms with van der Waals surface area (Å²) in [5.41, 5.74) is 3.48. The van der Waals surface area contributed by atoms with Crippen molar-refractivity contribution in [1.82, 2.24) is 14.9 Å². The number of ether oxygens (including phenoxy) is 2. The second kappa shape index (κ2) is 12.6. The van der Waals surface area contributed by atoms with Gasteiger partial charge in [0.2, 0.25) is 12.1 Å². The second-order valence-electron chi connectivity index (χ2n) is 9.95. The monoisotopic (exact) mass is 582 g/mol. The molecule has 13 heteroatoms. The zero-order valence-corrected chi connectivity index (χ0v) is 22.5. The number of nitrogens with one attached hydrogen (secondary N) is 1. The number of hydrogen-bond donors (Lipinski definition) is 2. The maximum absolute atomic E-state index is 12.7. The molecule has 0 spiro atoms. The zero-order chi connectivity index (χ0) is 29.7. The number of rotatable bonds is 7. The van der Waals surface area contributed by atoms with Crippen LogP contribution >= 0.6 is 0 Å². The Morgan fingerprint density at radius 3 is 2.48 bits per heavy atom. The van der Waals surface area contributed by atoms with Gasteiger partial charge in [-0.2, -0.15) is 18.4 Å². The second-order valence-corrected chi connectivity index (χ2v) is 9.95. The minimum absolute atomic E-state index is 0.00324. The van der Waals surface area contributed by atoms with Crippen LogP contribution in [-0.2, 0) is 9.53 Å². The fraction of sp³-hybridized carbons (Fsp3) is 0.379. The molecule has 0 unspecified atom stereocenters. The molecule has 2 aliphatic heterocycles. The molecular formula is C29H29F3N6O4. The Morgan fingerprint density at radius 2 is 1.81 bits per heavy atom. The van der Waals surface area contributed by atoms with Gasteiger partial charge >= 0.3 is 6.18 Å². The average molecular weight is 583 g/mol. The molecule has 220 valence electrons. The molecule has 1 aromatic heterocycles. The summed E-state index contributed by atoms with van der Waals surface area (Å²) in [7, 11) is 0. The van der Waals surface area contributed by atoms with Crippen LogP contribution in [0.3, 0.4) is 0 Å². The molecule has 1 amide bonds. The first-order chi connectivity index (χ1) is 20.2. The molecule has 2 N–H and O–H groups in total. The molecule has 42 heavy (non-hydrogen) atoms. The Labute approximate surface area is 240 Å².